The third-order valence-corrected chi connectivity index (χ3v) is 3.87. The second kappa shape index (κ2) is 6.34. The number of nitrogens with zero attached hydrogens (tertiary/aromatic N) is 2. The van der Waals surface area contributed by atoms with Crippen LogP contribution in [0.25, 0.3) is 0 Å². The fourth-order valence-electron chi connectivity index (χ4n) is 1.05. The lowest BCUT2D eigenvalue weighted by molar-refractivity contribution is 0.374. The molecule has 6 heteroatoms. The topological polar surface area (TPSA) is 66.6 Å². The highest BCUT2D eigenvalue weighted by Gasteiger charge is 2.22. The molecular formula is C8H21N3O2S. The molecule has 0 rings (SSSR count). The number of unbranched alkanes of at least 4 members (excludes halogenated alkanes) is 1. The molecule has 0 fully saturated rings. The van der Waals surface area contributed by atoms with E-state index in [1.807, 2.05) is 6.92 Å². The zero-order chi connectivity index (χ0) is 11.2. The highest BCUT2D eigenvalue weighted by atomic mass is 32.2. The highest BCUT2D eigenvalue weighted by molar-refractivity contribution is 7.86. The number of hydrogen-bond acceptors (Lipinski definition) is 3. The largest absolute Gasteiger partial charge is 0.329 e. The van der Waals surface area contributed by atoms with Gasteiger partial charge in [0.1, 0.15) is 0 Å². The van der Waals surface area contributed by atoms with Gasteiger partial charge in [-0.1, -0.05) is 13.3 Å². The second-order valence-corrected chi connectivity index (χ2v) is 5.47. The van der Waals surface area contributed by atoms with Crippen LogP contribution >= 0.6 is 0 Å². The molecule has 14 heavy (non-hydrogen) atoms. The van der Waals surface area contributed by atoms with Crippen molar-refractivity contribution >= 4 is 10.2 Å². The molecule has 0 amide bonds. The van der Waals surface area contributed by atoms with Crippen LogP contribution in [0.3, 0.4) is 0 Å². The van der Waals surface area contributed by atoms with E-state index in [0.29, 0.717) is 19.6 Å². The van der Waals surface area contributed by atoms with E-state index in [1.54, 1.807) is 0 Å². The Kier molecular flexibility index (Phi) is 6.26. The summed E-state index contributed by atoms with van der Waals surface area (Å²) in [5.41, 5.74) is 5.37. The first-order chi connectivity index (χ1) is 6.46. The SMILES string of the molecule is CCCCN(CCN)S(=O)(=O)N(C)C. The monoisotopic (exact) mass is 223 g/mol. The van der Waals surface area contributed by atoms with Crippen molar-refractivity contribution in [2.24, 2.45) is 5.73 Å². The number of hydrogen-bond donors (Lipinski definition) is 1. The Labute approximate surface area is 87.0 Å². The summed E-state index contributed by atoms with van der Waals surface area (Å²) >= 11 is 0. The maximum absolute atomic E-state index is 11.7. The fraction of sp³-hybridized carbons (Fsp3) is 1.00. The lowest BCUT2D eigenvalue weighted by Gasteiger charge is -2.24. The Hall–Kier alpha value is -0.170. The second-order valence-electron chi connectivity index (χ2n) is 3.33. The first kappa shape index (κ1) is 13.8. The number of rotatable bonds is 7. The zero-order valence-electron chi connectivity index (χ0n) is 9.23. The van der Waals surface area contributed by atoms with Crippen LogP contribution < -0.4 is 5.73 Å². The third kappa shape index (κ3) is 3.91. The maximum atomic E-state index is 11.7. The minimum atomic E-state index is -3.29. The summed E-state index contributed by atoms with van der Waals surface area (Å²) in [4.78, 5) is 0. The van der Waals surface area contributed by atoms with Crippen molar-refractivity contribution in [3.63, 3.8) is 0 Å². The van der Waals surface area contributed by atoms with Crippen LogP contribution in [0.1, 0.15) is 19.8 Å². The standard InChI is InChI=1S/C8H21N3O2S/c1-4-5-7-11(8-6-9)14(12,13)10(2)3/h4-9H2,1-3H3. The summed E-state index contributed by atoms with van der Waals surface area (Å²) in [6, 6.07) is 0. The predicted octanol–water partition coefficient (Wildman–Crippen LogP) is -0.146. The van der Waals surface area contributed by atoms with Gasteiger partial charge in [0.15, 0.2) is 0 Å². The van der Waals surface area contributed by atoms with Gasteiger partial charge in [0, 0.05) is 33.7 Å². The van der Waals surface area contributed by atoms with Crippen LogP contribution in [-0.4, -0.2) is 50.8 Å². The van der Waals surface area contributed by atoms with Crippen molar-refractivity contribution in [1.29, 1.82) is 0 Å². The van der Waals surface area contributed by atoms with E-state index in [-0.39, 0.29) is 0 Å². The van der Waals surface area contributed by atoms with E-state index in [0.717, 1.165) is 12.8 Å². The predicted molar refractivity (Wildman–Crippen MR) is 58.1 cm³/mol. The molecule has 0 aliphatic heterocycles. The Balaban J connectivity index is 4.47. The Bertz CT molecular complexity index is 239. The summed E-state index contributed by atoms with van der Waals surface area (Å²) in [5, 5.41) is 0. The van der Waals surface area contributed by atoms with Crippen LogP contribution in [0.15, 0.2) is 0 Å². The first-order valence-electron chi connectivity index (χ1n) is 4.84. The lowest BCUT2D eigenvalue weighted by Crippen LogP contribution is -2.42. The van der Waals surface area contributed by atoms with E-state index in [1.165, 1.54) is 22.7 Å². The van der Waals surface area contributed by atoms with E-state index in [9.17, 15) is 8.42 Å². The van der Waals surface area contributed by atoms with E-state index in [4.69, 9.17) is 5.73 Å². The molecule has 0 bridgehead atoms. The molecule has 0 radical (unpaired) electrons. The molecule has 0 aromatic rings. The molecular weight excluding hydrogens is 202 g/mol. The van der Waals surface area contributed by atoms with Crippen molar-refractivity contribution in [3.8, 4) is 0 Å². The van der Waals surface area contributed by atoms with Crippen molar-refractivity contribution in [3.05, 3.63) is 0 Å². The molecule has 0 spiro atoms. The molecule has 5 nitrogen and oxygen atoms in total. The molecule has 0 heterocycles. The minimum Gasteiger partial charge on any atom is -0.329 e. The number of nitrogens with two attached hydrogens (primary N) is 1. The first-order valence-corrected chi connectivity index (χ1v) is 6.24. The van der Waals surface area contributed by atoms with Crippen LogP contribution in [0.5, 0.6) is 0 Å². The lowest BCUT2D eigenvalue weighted by atomic mass is 10.3. The molecule has 86 valence electrons. The maximum Gasteiger partial charge on any atom is 0.281 e. The van der Waals surface area contributed by atoms with Crippen LogP contribution in [0, 0.1) is 0 Å². The smallest absolute Gasteiger partial charge is 0.281 e. The van der Waals surface area contributed by atoms with Crippen LogP contribution in [0.4, 0.5) is 0 Å². The molecule has 2 N–H and O–H groups in total. The molecule has 0 aromatic heterocycles. The quantitative estimate of drug-likeness (QED) is 0.653. The van der Waals surface area contributed by atoms with E-state index in [2.05, 4.69) is 0 Å². The van der Waals surface area contributed by atoms with Gasteiger partial charge >= 0.3 is 0 Å². The average molecular weight is 223 g/mol. The van der Waals surface area contributed by atoms with E-state index >= 15 is 0 Å². The van der Waals surface area contributed by atoms with Crippen LogP contribution in [-0.2, 0) is 10.2 Å². The molecule has 0 saturated heterocycles. The summed E-state index contributed by atoms with van der Waals surface area (Å²) in [6.45, 7) is 3.33. The van der Waals surface area contributed by atoms with Crippen molar-refractivity contribution in [2.45, 2.75) is 19.8 Å². The Morgan fingerprint density at radius 1 is 1.21 bits per heavy atom. The van der Waals surface area contributed by atoms with Crippen molar-refractivity contribution in [1.82, 2.24) is 8.61 Å². The van der Waals surface area contributed by atoms with Gasteiger partial charge < -0.3 is 5.73 Å². The molecule has 0 aromatic carbocycles. The van der Waals surface area contributed by atoms with Gasteiger partial charge in [-0.3, -0.25) is 0 Å². The van der Waals surface area contributed by atoms with Gasteiger partial charge in [-0.2, -0.15) is 17.0 Å². The molecule has 0 aliphatic rings. The Morgan fingerprint density at radius 3 is 2.14 bits per heavy atom. The van der Waals surface area contributed by atoms with Crippen LogP contribution in [0.2, 0.25) is 0 Å². The van der Waals surface area contributed by atoms with Gasteiger partial charge in [0.2, 0.25) is 0 Å². The van der Waals surface area contributed by atoms with Gasteiger partial charge in [-0.05, 0) is 6.42 Å². The Morgan fingerprint density at radius 2 is 1.79 bits per heavy atom. The molecule has 0 saturated carbocycles. The summed E-state index contributed by atoms with van der Waals surface area (Å²) in [6.07, 6.45) is 1.84. The zero-order valence-corrected chi connectivity index (χ0v) is 10.0. The van der Waals surface area contributed by atoms with Crippen molar-refractivity contribution in [2.75, 3.05) is 33.7 Å². The van der Waals surface area contributed by atoms with Gasteiger partial charge in [-0.15, -0.1) is 0 Å². The third-order valence-electron chi connectivity index (χ3n) is 1.93. The summed E-state index contributed by atoms with van der Waals surface area (Å²) in [7, 11) is -0.222. The normalized spacial score (nSPS) is 12.7. The summed E-state index contributed by atoms with van der Waals surface area (Å²) < 4.78 is 26.1. The average Bonchev–Trinajstić information content (AvgIpc) is 2.11. The molecule has 0 aliphatic carbocycles. The van der Waals surface area contributed by atoms with Gasteiger partial charge in [0.25, 0.3) is 10.2 Å². The molecule has 0 unspecified atom stereocenters. The minimum absolute atomic E-state index is 0.358. The van der Waals surface area contributed by atoms with Crippen molar-refractivity contribution < 1.29 is 8.42 Å². The summed E-state index contributed by atoms with van der Waals surface area (Å²) in [5.74, 6) is 0. The fourth-order valence-corrected chi connectivity index (χ4v) is 2.21. The highest BCUT2D eigenvalue weighted by Crippen LogP contribution is 2.05. The molecule has 0 atom stereocenters. The van der Waals surface area contributed by atoms with Gasteiger partial charge in [0.05, 0.1) is 0 Å². The van der Waals surface area contributed by atoms with Gasteiger partial charge in [-0.25, -0.2) is 0 Å². The van der Waals surface area contributed by atoms with E-state index < -0.39 is 10.2 Å².